The first-order valence-corrected chi connectivity index (χ1v) is 20.0. The van der Waals surface area contributed by atoms with E-state index < -0.39 is 0 Å². The third-order valence-corrected chi connectivity index (χ3v) is 10.9. The molecule has 8 nitrogen and oxygen atoms in total. The molecular weight excluding hydrogens is 749 g/mol. The molecule has 6 heterocycles. The molecule has 0 unspecified atom stereocenters. The number of nitrogens with one attached hydrogen (secondary N) is 2. The number of rotatable bonds is 4. The topological polar surface area (TPSA) is 148 Å². The summed E-state index contributed by atoms with van der Waals surface area (Å²) in [5.74, 6) is 0. The second kappa shape index (κ2) is 15.7. The highest BCUT2D eigenvalue weighted by Gasteiger charge is 2.19. The van der Waals surface area contributed by atoms with Crippen molar-refractivity contribution in [2.75, 3.05) is 17.2 Å². The first-order chi connectivity index (χ1) is 29.9. The lowest BCUT2D eigenvalue weighted by atomic mass is 10.0. The van der Waals surface area contributed by atoms with Crippen molar-refractivity contribution in [3.8, 4) is 44.5 Å². The Bertz CT molecular complexity index is 3200. The molecule has 8 bridgehead atoms. The fourth-order valence-electron chi connectivity index (χ4n) is 7.99. The molecule has 0 saturated heterocycles. The van der Waals surface area contributed by atoms with Crippen molar-refractivity contribution >= 4 is 74.3 Å². The summed E-state index contributed by atoms with van der Waals surface area (Å²) in [6.07, 6.45) is 10.2. The van der Waals surface area contributed by atoms with Crippen LogP contribution in [0, 0.1) is 0 Å². The predicted molar refractivity (Wildman–Crippen MR) is 256 cm³/mol. The van der Waals surface area contributed by atoms with Crippen molar-refractivity contribution in [2.45, 2.75) is 0 Å². The van der Waals surface area contributed by atoms with Crippen LogP contribution in [-0.4, -0.2) is 24.9 Å². The molecule has 11 rings (SSSR count). The van der Waals surface area contributed by atoms with E-state index in [-0.39, 0.29) is 0 Å². The first-order valence-electron chi connectivity index (χ1n) is 20.0. The Morgan fingerprint density at radius 3 is 1.07 bits per heavy atom. The van der Waals surface area contributed by atoms with Crippen LogP contribution in [0.1, 0.15) is 22.8 Å². The van der Waals surface area contributed by atoms with E-state index in [1.165, 1.54) is 5.39 Å². The van der Waals surface area contributed by atoms with Crippen LogP contribution in [0.2, 0.25) is 0 Å². The van der Waals surface area contributed by atoms with Gasteiger partial charge in [-0.2, -0.15) is 0 Å². The molecule has 0 aliphatic carbocycles. The number of nitrogens with zero attached hydrogens (tertiary/aromatic N) is 3. The van der Waals surface area contributed by atoms with Gasteiger partial charge in [-0.3, -0.25) is 4.98 Å². The zero-order valence-electron chi connectivity index (χ0n) is 33.0. The van der Waals surface area contributed by atoms with Gasteiger partial charge in [0.2, 0.25) is 0 Å². The van der Waals surface area contributed by atoms with Gasteiger partial charge in [-0.1, -0.05) is 91.0 Å². The lowest BCUT2D eigenvalue weighted by Crippen LogP contribution is -1.91. The SMILES string of the molecule is Nc1ccc(-c2c3nc(c(-c4ccc(N)cc4)c4ccc([nH]4)c(-c4ccc(N)cc4)c4nc(c(-c5ccccc5)c5ccc2[nH]5)C=C4)C=C3)cc1.c1ccc2ncccc2c1. The number of aromatic nitrogens is 5. The molecule has 2 aliphatic heterocycles. The number of H-pyrrole nitrogens is 2. The number of aromatic amines is 2. The maximum Gasteiger partial charge on any atom is 0.0737 e. The van der Waals surface area contributed by atoms with Crippen molar-refractivity contribution in [2.24, 2.45) is 0 Å². The molecule has 8 heteroatoms. The van der Waals surface area contributed by atoms with Crippen molar-refractivity contribution in [3.05, 3.63) is 193 Å². The van der Waals surface area contributed by atoms with Crippen molar-refractivity contribution in [3.63, 3.8) is 0 Å². The molecule has 4 aromatic heterocycles. The van der Waals surface area contributed by atoms with Gasteiger partial charge in [0.05, 0.1) is 28.3 Å². The summed E-state index contributed by atoms with van der Waals surface area (Å²) < 4.78 is 0. The smallest absolute Gasteiger partial charge is 0.0737 e. The van der Waals surface area contributed by atoms with Crippen LogP contribution in [-0.2, 0) is 0 Å². The lowest BCUT2D eigenvalue weighted by Gasteiger charge is -2.07. The van der Waals surface area contributed by atoms with E-state index in [1.807, 2.05) is 109 Å². The first kappa shape index (κ1) is 36.8. The summed E-state index contributed by atoms with van der Waals surface area (Å²) in [6, 6.07) is 54.7. The number of hydrogen-bond donors (Lipinski definition) is 5. The van der Waals surface area contributed by atoms with Crippen LogP contribution in [0.25, 0.3) is 102 Å². The molecule has 0 saturated carbocycles. The zero-order valence-corrected chi connectivity index (χ0v) is 33.0. The fourth-order valence-corrected chi connectivity index (χ4v) is 7.99. The average molecular weight is 789 g/mol. The van der Waals surface area contributed by atoms with Crippen LogP contribution < -0.4 is 17.2 Å². The number of fused-ring (bicyclic) bond motifs is 9. The Kier molecular flexibility index (Phi) is 9.47. The maximum atomic E-state index is 6.14. The summed E-state index contributed by atoms with van der Waals surface area (Å²) in [4.78, 5) is 22.4. The standard InChI is InChI=1S/C44H33N7.C9H7N/c45-30-12-6-27(7-13-30)42-35-20-18-33(48-35)41(26-4-2-1-3-5-26)34-19-21-36(49-34)43(28-8-14-31(46)15-9-28)38-23-25-40(51-38)44(39-24-22-37(42)50-39)29-10-16-32(47)17-11-29;1-2-6-9-8(4-1)5-3-7-10-9/h1-25,48,51H,45-47H2;1-7H. The fraction of sp³-hybridized carbons (Fsp3) is 0. The van der Waals surface area contributed by atoms with Gasteiger partial charge in [-0.05, 0) is 119 Å². The summed E-state index contributed by atoms with van der Waals surface area (Å²) in [5, 5.41) is 1.20. The number of para-hydroxylation sites is 1. The molecular formula is C53H40N8. The molecule has 0 radical (unpaired) electrons. The van der Waals surface area contributed by atoms with E-state index >= 15 is 0 Å². The maximum absolute atomic E-state index is 6.14. The van der Waals surface area contributed by atoms with Gasteiger partial charge < -0.3 is 27.2 Å². The third-order valence-electron chi connectivity index (χ3n) is 10.9. The largest absolute Gasteiger partial charge is 0.399 e. The highest BCUT2D eigenvalue weighted by atomic mass is 14.8. The van der Waals surface area contributed by atoms with Gasteiger partial charge in [0, 0.05) is 73.0 Å². The molecule has 0 amide bonds. The molecule has 0 atom stereocenters. The Morgan fingerprint density at radius 1 is 0.328 bits per heavy atom. The Hall–Kier alpha value is -8.49. The predicted octanol–water partition coefficient (Wildman–Crippen LogP) is 12.3. The third kappa shape index (κ3) is 7.30. The number of anilines is 3. The molecule has 9 aromatic rings. The minimum Gasteiger partial charge on any atom is -0.399 e. The molecule has 0 fully saturated rings. The Morgan fingerprint density at radius 2 is 0.672 bits per heavy atom. The van der Waals surface area contributed by atoms with Crippen molar-refractivity contribution in [1.29, 1.82) is 0 Å². The molecule has 2 aliphatic rings. The number of nitrogens with two attached hydrogens (primary N) is 3. The minimum absolute atomic E-state index is 0.695. The van der Waals surface area contributed by atoms with Crippen LogP contribution in [0.5, 0.6) is 0 Å². The van der Waals surface area contributed by atoms with E-state index in [0.717, 1.165) is 94.9 Å². The lowest BCUT2D eigenvalue weighted by molar-refractivity contribution is 1.31. The number of hydrogen-bond acceptors (Lipinski definition) is 6. The van der Waals surface area contributed by atoms with Gasteiger partial charge in [0.25, 0.3) is 0 Å². The second-order valence-electron chi connectivity index (χ2n) is 14.9. The zero-order chi connectivity index (χ0) is 41.3. The van der Waals surface area contributed by atoms with Crippen molar-refractivity contribution < 1.29 is 0 Å². The van der Waals surface area contributed by atoms with Crippen LogP contribution in [0.3, 0.4) is 0 Å². The number of benzene rings is 5. The van der Waals surface area contributed by atoms with E-state index in [4.69, 9.17) is 27.2 Å². The Labute approximate surface area is 352 Å². The average Bonchev–Trinajstić information content (AvgIpc) is 4.15. The van der Waals surface area contributed by atoms with Crippen LogP contribution >= 0.6 is 0 Å². The Balaban J connectivity index is 0.000000389. The second-order valence-corrected chi connectivity index (χ2v) is 14.9. The van der Waals surface area contributed by atoms with Crippen LogP contribution in [0.15, 0.2) is 170 Å². The monoisotopic (exact) mass is 788 g/mol. The molecule has 61 heavy (non-hydrogen) atoms. The normalized spacial score (nSPS) is 11.7. The van der Waals surface area contributed by atoms with Gasteiger partial charge in [-0.15, -0.1) is 0 Å². The molecule has 8 N–H and O–H groups in total. The minimum atomic E-state index is 0.695. The van der Waals surface area contributed by atoms with Gasteiger partial charge in [0.1, 0.15) is 0 Å². The summed E-state index contributed by atoms with van der Waals surface area (Å²) in [7, 11) is 0. The molecule has 292 valence electrons. The van der Waals surface area contributed by atoms with E-state index in [1.54, 1.807) is 0 Å². The quantitative estimate of drug-likeness (QED) is 0.112. The van der Waals surface area contributed by atoms with Gasteiger partial charge >= 0.3 is 0 Å². The summed E-state index contributed by atoms with van der Waals surface area (Å²) >= 11 is 0. The highest BCUT2D eigenvalue weighted by Crippen LogP contribution is 2.38. The van der Waals surface area contributed by atoms with Gasteiger partial charge in [0.15, 0.2) is 0 Å². The molecule has 0 spiro atoms. The van der Waals surface area contributed by atoms with Crippen molar-refractivity contribution in [1.82, 2.24) is 24.9 Å². The van der Waals surface area contributed by atoms with E-state index in [2.05, 4.69) is 99.9 Å². The number of pyridine rings is 1. The highest BCUT2D eigenvalue weighted by molar-refractivity contribution is 6.00. The summed E-state index contributed by atoms with van der Waals surface area (Å²) in [6.45, 7) is 0. The van der Waals surface area contributed by atoms with Crippen LogP contribution in [0.4, 0.5) is 17.1 Å². The summed E-state index contributed by atoms with van der Waals surface area (Å²) in [5.41, 5.74) is 36.6. The van der Waals surface area contributed by atoms with E-state index in [9.17, 15) is 0 Å². The van der Waals surface area contributed by atoms with Gasteiger partial charge in [-0.25, -0.2) is 9.97 Å². The number of nitrogen functional groups attached to an aromatic ring is 3. The molecule has 5 aromatic carbocycles. The van der Waals surface area contributed by atoms with E-state index in [0.29, 0.717) is 17.1 Å².